The van der Waals surface area contributed by atoms with Crippen LogP contribution in [-0.2, 0) is 10.5 Å². The van der Waals surface area contributed by atoms with Crippen LogP contribution in [0.3, 0.4) is 0 Å². The van der Waals surface area contributed by atoms with Crippen molar-refractivity contribution in [3.05, 3.63) is 59.1 Å². The fraction of sp³-hybridized carbons (Fsp3) is 0.235. The molecule has 21 heavy (non-hydrogen) atoms. The summed E-state index contributed by atoms with van der Waals surface area (Å²) in [5, 5.41) is 0.689. The number of carbonyl (C=O) groups excluding carboxylic acids is 1. The van der Waals surface area contributed by atoms with E-state index in [4.69, 9.17) is 11.6 Å². The first-order valence-corrected chi connectivity index (χ1v) is 8.37. The lowest BCUT2D eigenvalue weighted by atomic mass is 10.2. The summed E-state index contributed by atoms with van der Waals surface area (Å²) in [5.41, 5.74) is 2.11. The summed E-state index contributed by atoms with van der Waals surface area (Å²) in [7, 11) is 0. The molecule has 0 aliphatic carbocycles. The highest BCUT2D eigenvalue weighted by molar-refractivity contribution is 7.98. The number of halogens is 1. The van der Waals surface area contributed by atoms with E-state index in [0.717, 1.165) is 29.3 Å². The van der Waals surface area contributed by atoms with Gasteiger partial charge in [0.05, 0.1) is 10.7 Å². The molecule has 0 spiro atoms. The molecule has 1 saturated heterocycles. The van der Waals surface area contributed by atoms with Crippen LogP contribution >= 0.6 is 23.4 Å². The standard InChI is InChI=1S/C17H16ClNOS/c18-17-14(19-11-5-10-16(19)20)8-4-9-15(17)21-12-13-6-2-1-3-7-13/h1-4,6-9H,5,10-12H2. The van der Waals surface area contributed by atoms with E-state index in [0.29, 0.717) is 11.4 Å². The van der Waals surface area contributed by atoms with Crippen LogP contribution in [0.4, 0.5) is 5.69 Å². The number of thioether (sulfide) groups is 1. The first kappa shape index (κ1) is 14.5. The van der Waals surface area contributed by atoms with E-state index >= 15 is 0 Å². The summed E-state index contributed by atoms with van der Waals surface area (Å²) >= 11 is 8.21. The lowest BCUT2D eigenvalue weighted by Gasteiger charge is -2.18. The Labute approximate surface area is 134 Å². The average molecular weight is 318 g/mol. The highest BCUT2D eigenvalue weighted by Crippen LogP contribution is 2.38. The monoisotopic (exact) mass is 317 g/mol. The number of anilines is 1. The Balaban J connectivity index is 1.78. The minimum atomic E-state index is 0.169. The van der Waals surface area contributed by atoms with E-state index in [1.807, 2.05) is 36.4 Å². The fourth-order valence-corrected chi connectivity index (χ4v) is 3.77. The van der Waals surface area contributed by atoms with E-state index in [-0.39, 0.29) is 5.91 Å². The molecule has 1 amide bonds. The van der Waals surface area contributed by atoms with Gasteiger partial charge < -0.3 is 4.90 Å². The maximum atomic E-state index is 11.9. The van der Waals surface area contributed by atoms with Gasteiger partial charge in [-0.05, 0) is 24.1 Å². The van der Waals surface area contributed by atoms with E-state index in [1.54, 1.807) is 16.7 Å². The van der Waals surface area contributed by atoms with Crippen LogP contribution in [0.2, 0.25) is 5.02 Å². The average Bonchev–Trinajstić information content (AvgIpc) is 2.93. The molecule has 0 bridgehead atoms. The van der Waals surface area contributed by atoms with Gasteiger partial charge in [-0.1, -0.05) is 48.0 Å². The fourth-order valence-electron chi connectivity index (χ4n) is 2.46. The van der Waals surface area contributed by atoms with Gasteiger partial charge in [-0.3, -0.25) is 4.79 Å². The summed E-state index contributed by atoms with van der Waals surface area (Å²) in [6, 6.07) is 16.2. The Hall–Kier alpha value is -1.45. The van der Waals surface area contributed by atoms with E-state index in [2.05, 4.69) is 12.1 Å². The van der Waals surface area contributed by atoms with Crippen LogP contribution in [0.25, 0.3) is 0 Å². The van der Waals surface area contributed by atoms with E-state index in [1.165, 1.54) is 5.56 Å². The zero-order chi connectivity index (χ0) is 14.7. The van der Waals surface area contributed by atoms with Gasteiger partial charge >= 0.3 is 0 Å². The Bertz CT molecular complexity index is 644. The molecular weight excluding hydrogens is 302 g/mol. The molecule has 0 atom stereocenters. The van der Waals surface area contributed by atoms with Crippen LogP contribution < -0.4 is 4.90 Å². The molecule has 4 heteroatoms. The molecule has 2 nitrogen and oxygen atoms in total. The number of hydrogen-bond donors (Lipinski definition) is 0. The molecule has 0 radical (unpaired) electrons. The van der Waals surface area contributed by atoms with Gasteiger partial charge in [-0.2, -0.15) is 0 Å². The first-order chi connectivity index (χ1) is 10.3. The Kier molecular flexibility index (Phi) is 4.51. The third kappa shape index (κ3) is 3.25. The van der Waals surface area contributed by atoms with Gasteiger partial charge in [0.2, 0.25) is 5.91 Å². The van der Waals surface area contributed by atoms with Crippen LogP contribution in [-0.4, -0.2) is 12.5 Å². The second-order valence-corrected chi connectivity index (χ2v) is 6.41. The molecule has 1 heterocycles. The maximum absolute atomic E-state index is 11.9. The minimum Gasteiger partial charge on any atom is -0.311 e. The number of carbonyl (C=O) groups is 1. The molecule has 0 aromatic heterocycles. The van der Waals surface area contributed by atoms with Crippen molar-refractivity contribution in [1.82, 2.24) is 0 Å². The second kappa shape index (κ2) is 6.54. The second-order valence-electron chi connectivity index (χ2n) is 5.01. The highest BCUT2D eigenvalue weighted by Gasteiger charge is 2.24. The van der Waals surface area contributed by atoms with Crippen molar-refractivity contribution in [2.24, 2.45) is 0 Å². The summed E-state index contributed by atoms with van der Waals surface area (Å²) in [6.07, 6.45) is 1.54. The van der Waals surface area contributed by atoms with Gasteiger partial charge in [-0.25, -0.2) is 0 Å². The Morgan fingerprint density at radius 2 is 1.90 bits per heavy atom. The number of hydrogen-bond acceptors (Lipinski definition) is 2. The van der Waals surface area contributed by atoms with Gasteiger partial charge in [0.25, 0.3) is 0 Å². The molecule has 2 aromatic rings. The number of amides is 1. The largest absolute Gasteiger partial charge is 0.311 e. The Morgan fingerprint density at radius 1 is 1.10 bits per heavy atom. The zero-order valence-electron chi connectivity index (χ0n) is 11.6. The molecule has 108 valence electrons. The van der Waals surface area contributed by atoms with Crippen molar-refractivity contribution in [2.75, 3.05) is 11.4 Å². The third-order valence-electron chi connectivity index (χ3n) is 3.54. The summed E-state index contributed by atoms with van der Waals surface area (Å²) in [6.45, 7) is 0.769. The van der Waals surface area contributed by atoms with Gasteiger partial charge in [0.1, 0.15) is 0 Å². The first-order valence-electron chi connectivity index (χ1n) is 7.01. The lowest BCUT2D eigenvalue weighted by Crippen LogP contribution is -2.24. The summed E-state index contributed by atoms with van der Waals surface area (Å²) < 4.78 is 0. The molecular formula is C17H16ClNOS. The van der Waals surface area contributed by atoms with Crippen molar-refractivity contribution in [3.8, 4) is 0 Å². The molecule has 0 unspecified atom stereocenters. The molecule has 1 fully saturated rings. The SMILES string of the molecule is O=C1CCCN1c1cccc(SCc2ccccc2)c1Cl. The van der Waals surface area contributed by atoms with Crippen molar-refractivity contribution >= 4 is 35.0 Å². The van der Waals surface area contributed by atoms with E-state index < -0.39 is 0 Å². The van der Waals surface area contributed by atoms with Crippen molar-refractivity contribution in [3.63, 3.8) is 0 Å². The van der Waals surface area contributed by atoms with Gasteiger partial charge in [-0.15, -0.1) is 11.8 Å². The highest BCUT2D eigenvalue weighted by atomic mass is 35.5. The molecule has 3 rings (SSSR count). The van der Waals surface area contributed by atoms with Crippen molar-refractivity contribution < 1.29 is 4.79 Å². The predicted octanol–water partition coefficient (Wildman–Crippen LogP) is 4.76. The van der Waals surface area contributed by atoms with Crippen molar-refractivity contribution in [1.29, 1.82) is 0 Å². The maximum Gasteiger partial charge on any atom is 0.227 e. The molecule has 2 aromatic carbocycles. The van der Waals surface area contributed by atoms with Crippen LogP contribution in [0.15, 0.2) is 53.4 Å². The lowest BCUT2D eigenvalue weighted by molar-refractivity contribution is -0.117. The predicted molar refractivity (Wildman–Crippen MR) is 89.0 cm³/mol. The smallest absolute Gasteiger partial charge is 0.227 e. The van der Waals surface area contributed by atoms with Gasteiger partial charge in [0, 0.05) is 23.6 Å². The minimum absolute atomic E-state index is 0.169. The van der Waals surface area contributed by atoms with Crippen LogP contribution in [0.5, 0.6) is 0 Å². The van der Waals surface area contributed by atoms with Crippen LogP contribution in [0, 0.1) is 0 Å². The summed E-state index contributed by atoms with van der Waals surface area (Å²) in [5.74, 6) is 1.04. The Morgan fingerprint density at radius 3 is 2.62 bits per heavy atom. The number of benzene rings is 2. The molecule has 0 saturated carbocycles. The summed E-state index contributed by atoms with van der Waals surface area (Å²) in [4.78, 5) is 14.7. The topological polar surface area (TPSA) is 20.3 Å². The number of nitrogens with zero attached hydrogens (tertiary/aromatic N) is 1. The number of rotatable bonds is 4. The van der Waals surface area contributed by atoms with Gasteiger partial charge in [0.15, 0.2) is 0 Å². The van der Waals surface area contributed by atoms with E-state index in [9.17, 15) is 4.79 Å². The molecule has 1 aliphatic heterocycles. The zero-order valence-corrected chi connectivity index (χ0v) is 13.2. The normalized spacial score (nSPS) is 14.7. The van der Waals surface area contributed by atoms with Crippen molar-refractivity contribution in [2.45, 2.75) is 23.5 Å². The molecule has 0 N–H and O–H groups in total. The molecule has 1 aliphatic rings. The third-order valence-corrected chi connectivity index (χ3v) is 5.18. The quantitative estimate of drug-likeness (QED) is 0.758. The van der Waals surface area contributed by atoms with Crippen LogP contribution in [0.1, 0.15) is 18.4 Å².